The molecule has 0 bridgehead atoms. The lowest BCUT2D eigenvalue weighted by Gasteiger charge is -2.09. The van der Waals surface area contributed by atoms with Gasteiger partial charge in [-0.2, -0.15) is 0 Å². The molecule has 2 nitrogen and oxygen atoms in total. The van der Waals surface area contributed by atoms with Crippen molar-refractivity contribution in [1.29, 1.82) is 0 Å². The quantitative estimate of drug-likeness (QED) is 0.718. The Balaban J connectivity index is 2.04. The Morgan fingerprint density at radius 2 is 1.85 bits per heavy atom. The van der Waals surface area contributed by atoms with Gasteiger partial charge in [0.05, 0.1) is 0 Å². The van der Waals surface area contributed by atoms with Crippen molar-refractivity contribution in [2.24, 2.45) is 0 Å². The fourth-order valence-corrected chi connectivity index (χ4v) is 2.14. The topological polar surface area (TPSA) is 26.3 Å². The van der Waals surface area contributed by atoms with Crippen LogP contribution in [0.1, 0.15) is 41.3 Å². The van der Waals surface area contributed by atoms with Gasteiger partial charge in [-0.25, -0.2) is 0 Å². The first-order valence-electron chi connectivity index (χ1n) is 7.01. The Morgan fingerprint density at radius 3 is 2.50 bits per heavy atom. The third-order valence-corrected chi connectivity index (χ3v) is 3.22. The van der Waals surface area contributed by atoms with E-state index in [0.29, 0.717) is 13.0 Å². The lowest BCUT2D eigenvalue weighted by molar-refractivity contribution is 0.0981. The van der Waals surface area contributed by atoms with Gasteiger partial charge < -0.3 is 4.74 Å². The van der Waals surface area contributed by atoms with Crippen LogP contribution in [0.5, 0.6) is 5.75 Å². The highest BCUT2D eigenvalue weighted by atomic mass is 16.5. The number of carbonyl (C=O) groups is 1. The van der Waals surface area contributed by atoms with Gasteiger partial charge in [0.25, 0.3) is 0 Å². The maximum absolute atomic E-state index is 11.9. The molecule has 0 N–H and O–H groups in total. The van der Waals surface area contributed by atoms with Crippen LogP contribution < -0.4 is 4.74 Å². The molecule has 0 aliphatic heterocycles. The Bertz CT molecular complexity index is 573. The maximum Gasteiger partial charge on any atom is 0.163 e. The summed E-state index contributed by atoms with van der Waals surface area (Å²) in [4.78, 5) is 11.9. The van der Waals surface area contributed by atoms with E-state index in [1.54, 1.807) is 0 Å². The normalized spacial score (nSPS) is 10.3. The number of carbonyl (C=O) groups excluding carboxylic acids is 1. The van der Waals surface area contributed by atoms with E-state index < -0.39 is 0 Å². The molecule has 2 rings (SSSR count). The average Bonchev–Trinajstić information content (AvgIpc) is 2.46. The largest absolute Gasteiger partial charge is 0.489 e. The summed E-state index contributed by atoms with van der Waals surface area (Å²) in [5.74, 6) is 1.01. The van der Waals surface area contributed by atoms with Crippen molar-refractivity contribution < 1.29 is 9.53 Å². The number of ether oxygens (including phenoxy) is 1. The minimum Gasteiger partial charge on any atom is -0.489 e. The maximum atomic E-state index is 11.9. The molecule has 20 heavy (non-hydrogen) atoms. The van der Waals surface area contributed by atoms with Gasteiger partial charge in [-0.1, -0.05) is 37.3 Å². The van der Waals surface area contributed by atoms with Gasteiger partial charge in [0, 0.05) is 12.0 Å². The van der Waals surface area contributed by atoms with E-state index in [4.69, 9.17) is 4.74 Å². The van der Waals surface area contributed by atoms with Crippen molar-refractivity contribution in [1.82, 2.24) is 0 Å². The second-order valence-corrected chi connectivity index (χ2v) is 4.92. The molecule has 2 aromatic carbocycles. The molecule has 0 aliphatic carbocycles. The fourth-order valence-electron chi connectivity index (χ4n) is 2.14. The predicted molar refractivity (Wildman–Crippen MR) is 81.2 cm³/mol. The molecule has 0 aromatic heterocycles. The molecule has 0 unspecified atom stereocenters. The first kappa shape index (κ1) is 14.3. The molecule has 0 aliphatic rings. The van der Waals surface area contributed by atoms with Crippen LogP contribution in [0.15, 0.2) is 48.5 Å². The minimum atomic E-state index is 0.208. The first-order chi connectivity index (χ1) is 9.70. The third kappa shape index (κ3) is 3.70. The average molecular weight is 268 g/mol. The SMILES string of the molecule is CCCC(=O)c1ccc(OCc2ccccc2)cc1C. The highest BCUT2D eigenvalue weighted by molar-refractivity contribution is 5.97. The molecule has 0 atom stereocenters. The minimum absolute atomic E-state index is 0.208. The van der Waals surface area contributed by atoms with E-state index in [-0.39, 0.29) is 5.78 Å². The highest BCUT2D eigenvalue weighted by Crippen LogP contribution is 2.20. The van der Waals surface area contributed by atoms with Gasteiger partial charge in [0.15, 0.2) is 5.78 Å². The van der Waals surface area contributed by atoms with Crippen LogP contribution in [0.25, 0.3) is 0 Å². The Morgan fingerprint density at radius 1 is 1.10 bits per heavy atom. The molecule has 2 heteroatoms. The molecule has 0 saturated carbocycles. The number of hydrogen-bond donors (Lipinski definition) is 0. The summed E-state index contributed by atoms with van der Waals surface area (Å²) in [5.41, 5.74) is 2.92. The lowest BCUT2D eigenvalue weighted by Crippen LogP contribution is -2.02. The highest BCUT2D eigenvalue weighted by Gasteiger charge is 2.08. The number of rotatable bonds is 6. The van der Waals surface area contributed by atoms with E-state index in [1.165, 1.54) is 0 Å². The van der Waals surface area contributed by atoms with Crippen LogP contribution in [0.4, 0.5) is 0 Å². The first-order valence-corrected chi connectivity index (χ1v) is 7.01. The molecule has 0 radical (unpaired) electrons. The van der Waals surface area contributed by atoms with E-state index in [2.05, 4.69) is 0 Å². The van der Waals surface area contributed by atoms with E-state index in [1.807, 2.05) is 62.4 Å². The molecule has 0 spiro atoms. The van der Waals surface area contributed by atoms with Crippen molar-refractivity contribution in [2.45, 2.75) is 33.3 Å². The zero-order valence-corrected chi connectivity index (χ0v) is 12.1. The van der Waals surface area contributed by atoms with Crippen LogP contribution in [0.3, 0.4) is 0 Å². The third-order valence-electron chi connectivity index (χ3n) is 3.22. The zero-order valence-electron chi connectivity index (χ0n) is 12.1. The van der Waals surface area contributed by atoms with Crippen molar-refractivity contribution in [3.63, 3.8) is 0 Å². The Hall–Kier alpha value is -2.09. The van der Waals surface area contributed by atoms with Gasteiger partial charge in [0.1, 0.15) is 12.4 Å². The molecular weight excluding hydrogens is 248 g/mol. The molecule has 0 saturated heterocycles. The number of benzene rings is 2. The van der Waals surface area contributed by atoms with Crippen LogP contribution in [-0.4, -0.2) is 5.78 Å². The zero-order chi connectivity index (χ0) is 14.4. The van der Waals surface area contributed by atoms with Gasteiger partial charge in [-0.3, -0.25) is 4.79 Å². The summed E-state index contributed by atoms with van der Waals surface area (Å²) >= 11 is 0. The summed E-state index contributed by atoms with van der Waals surface area (Å²) in [6.07, 6.45) is 1.48. The van der Waals surface area contributed by atoms with Crippen molar-refractivity contribution in [2.75, 3.05) is 0 Å². The van der Waals surface area contributed by atoms with Crippen molar-refractivity contribution in [3.05, 3.63) is 65.2 Å². The Kier molecular flexibility index (Phi) is 4.94. The molecule has 0 amide bonds. The van der Waals surface area contributed by atoms with Gasteiger partial charge in [-0.15, -0.1) is 0 Å². The van der Waals surface area contributed by atoms with Gasteiger partial charge in [0.2, 0.25) is 0 Å². The van der Waals surface area contributed by atoms with Crippen molar-refractivity contribution in [3.8, 4) is 5.75 Å². The number of hydrogen-bond acceptors (Lipinski definition) is 2. The smallest absolute Gasteiger partial charge is 0.163 e. The second-order valence-electron chi connectivity index (χ2n) is 4.92. The standard InChI is InChI=1S/C18H20O2/c1-3-7-18(19)17-11-10-16(12-14(17)2)20-13-15-8-5-4-6-9-15/h4-6,8-12H,3,7,13H2,1-2H3. The summed E-state index contributed by atoms with van der Waals surface area (Å²) < 4.78 is 5.76. The summed E-state index contributed by atoms with van der Waals surface area (Å²) in [5, 5.41) is 0. The van der Waals surface area contributed by atoms with E-state index >= 15 is 0 Å². The summed E-state index contributed by atoms with van der Waals surface area (Å²) in [6.45, 7) is 4.52. The fraction of sp³-hybridized carbons (Fsp3) is 0.278. The molecule has 2 aromatic rings. The molecular formula is C18H20O2. The van der Waals surface area contributed by atoms with Crippen LogP contribution in [0, 0.1) is 6.92 Å². The van der Waals surface area contributed by atoms with Crippen molar-refractivity contribution >= 4 is 5.78 Å². The van der Waals surface area contributed by atoms with Crippen LogP contribution in [-0.2, 0) is 6.61 Å². The monoisotopic (exact) mass is 268 g/mol. The Labute approximate surface area is 120 Å². The molecule has 104 valence electrons. The van der Waals surface area contributed by atoms with Gasteiger partial charge in [-0.05, 0) is 42.7 Å². The summed E-state index contributed by atoms with van der Waals surface area (Å²) in [7, 11) is 0. The summed E-state index contributed by atoms with van der Waals surface area (Å²) in [6, 6.07) is 15.7. The van der Waals surface area contributed by atoms with E-state index in [0.717, 1.165) is 28.9 Å². The number of ketones is 1. The second kappa shape index (κ2) is 6.90. The number of aryl methyl sites for hydroxylation is 1. The van der Waals surface area contributed by atoms with E-state index in [9.17, 15) is 4.79 Å². The predicted octanol–water partition coefficient (Wildman–Crippen LogP) is 4.56. The van der Waals surface area contributed by atoms with Crippen LogP contribution in [0.2, 0.25) is 0 Å². The van der Waals surface area contributed by atoms with Gasteiger partial charge >= 0.3 is 0 Å². The van der Waals surface area contributed by atoms with Crippen LogP contribution >= 0.6 is 0 Å². The molecule has 0 heterocycles. The molecule has 0 fully saturated rings. The number of Topliss-reactive ketones (excluding diaryl/α,β-unsaturated/α-hetero) is 1. The lowest BCUT2D eigenvalue weighted by atomic mass is 10.0.